The summed E-state index contributed by atoms with van der Waals surface area (Å²) < 4.78 is 5.16. The van der Waals surface area contributed by atoms with E-state index in [2.05, 4.69) is 11.1 Å². The molecule has 1 aromatic carbocycles. The van der Waals surface area contributed by atoms with Crippen LogP contribution in [0.3, 0.4) is 0 Å². The summed E-state index contributed by atoms with van der Waals surface area (Å²) in [6.07, 6.45) is 1.73. The molecule has 0 spiro atoms. The van der Waals surface area contributed by atoms with Gasteiger partial charge in [-0.3, -0.25) is 0 Å². The fourth-order valence-electron chi connectivity index (χ4n) is 2.08. The molecular weight excluding hydrogens is 228 g/mol. The SMILES string of the molecule is CC(C)C(Cc1c[nH]c2ccccc12)OC(N)=O. The summed E-state index contributed by atoms with van der Waals surface area (Å²) in [6, 6.07) is 8.07. The monoisotopic (exact) mass is 246 g/mol. The van der Waals surface area contributed by atoms with E-state index in [-0.39, 0.29) is 12.0 Å². The van der Waals surface area contributed by atoms with Crippen LogP contribution in [0.5, 0.6) is 0 Å². The first-order valence-electron chi connectivity index (χ1n) is 6.09. The number of benzene rings is 1. The Labute approximate surface area is 106 Å². The van der Waals surface area contributed by atoms with Crippen LogP contribution in [-0.2, 0) is 11.2 Å². The standard InChI is InChI=1S/C14H18N2O2/c1-9(2)13(18-14(15)17)7-10-8-16-12-6-4-3-5-11(10)12/h3-6,8-9,13,16H,7H2,1-2H3,(H2,15,17). The highest BCUT2D eigenvalue weighted by Crippen LogP contribution is 2.22. The molecule has 1 amide bonds. The Bertz CT molecular complexity index is 545. The van der Waals surface area contributed by atoms with Gasteiger partial charge in [-0.05, 0) is 17.5 Å². The minimum Gasteiger partial charge on any atom is -0.446 e. The van der Waals surface area contributed by atoms with Crippen molar-refractivity contribution in [3.05, 3.63) is 36.0 Å². The second kappa shape index (κ2) is 5.12. The van der Waals surface area contributed by atoms with Crippen molar-refractivity contribution in [2.45, 2.75) is 26.4 Å². The van der Waals surface area contributed by atoms with E-state index in [9.17, 15) is 4.79 Å². The molecule has 2 aromatic rings. The molecule has 0 bridgehead atoms. The molecule has 0 aliphatic rings. The topological polar surface area (TPSA) is 68.1 Å². The molecule has 0 saturated heterocycles. The molecule has 1 atom stereocenters. The Hall–Kier alpha value is -1.97. The number of aromatic amines is 1. The van der Waals surface area contributed by atoms with Gasteiger partial charge in [-0.2, -0.15) is 0 Å². The molecule has 1 aromatic heterocycles. The summed E-state index contributed by atoms with van der Waals surface area (Å²) in [6.45, 7) is 4.03. The molecule has 1 unspecified atom stereocenters. The van der Waals surface area contributed by atoms with Crippen LogP contribution in [0.2, 0.25) is 0 Å². The predicted octanol–water partition coefficient (Wildman–Crippen LogP) is 2.83. The van der Waals surface area contributed by atoms with Crippen molar-refractivity contribution in [1.29, 1.82) is 0 Å². The van der Waals surface area contributed by atoms with Gasteiger partial charge in [0.2, 0.25) is 0 Å². The number of hydrogen-bond acceptors (Lipinski definition) is 2. The van der Waals surface area contributed by atoms with E-state index in [1.807, 2.05) is 38.2 Å². The Balaban J connectivity index is 2.23. The van der Waals surface area contributed by atoms with Gasteiger partial charge in [-0.1, -0.05) is 32.0 Å². The second-order valence-corrected chi connectivity index (χ2v) is 4.78. The van der Waals surface area contributed by atoms with Gasteiger partial charge in [0.15, 0.2) is 0 Å². The van der Waals surface area contributed by atoms with Gasteiger partial charge in [-0.15, -0.1) is 0 Å². The fraction of sp³-hybridized carbons (Fsp3) is 0.357. The van der Waals surface area contributed by atoms with Gasteiger partial charge in [0, 0.05) is 23.5 Å². The summed E-state index contributed by atoms with van der Waals surface area (Å²) in [5.41, 5.74) is 7.34. The summed E-state index contributed by atoms with van der Waals surface area (Å²) in [4.78, 5) is 14.1. The number of hydrogen-bond donors (Lipinski definition) is 2. The van der Waals surface area contributed by atoms with Crippen molar-refractivity contribution in [2.75, 3.05) is 0 Å². The van der Waals surface area contributed by atoms with Gasteiger partial charge in [-0.25, -0.2) is 4.79 Å². The highest BCUT2D eigenvalue weighted by atomic mass is 16.6. The van der Waals surface area contributed by atoms with Crippen molar-refractivity contribution in [3.63, 3.8) is 0 Å². The number of ether oxygens (including phenoxy) is 1. The van der Waals surface area contributed by atoms with Gasteiger partial charge < -0.3 is 15.5 Å². The fourth-order valence-corrected chi connectivity index (χ4v) is 2.08. The first kappa shape index (κ1) is 12.5. The molecule has 96 valence electrons. The Morgan fingerprint density at radius 1 is 1.39 bits per heavy atom. The summed E-state index contributed by atoms with van der Waals surface area (Å²) >= 11 is 0. The molecule has 0 fully saturated rings. The third kappa shape index (κ3) is 2.64. The average Bonchev–Trinajstić information content (AvgIpc) is 2.71. The molecule has 0 aliphatic heterocycles. The van der Waals surface area contributed by atoms with Crippen LogP contribution >= 0.6 is 0 Å². The molecule has 4 nitrogen and oxygen atoms in total. The number of amides is 1. The summed E-state index contributed by atoms with van der Waals surface area (Å²) in [5.74, 6) is 0.228. The van der Waals surface area contributed by atoms with Crippen LogP contribution in [0.15, 0.2) is 30.5 Å². The van der Waals surface area contributed by atoms with E-state index < -0.39 is 6.09 Å². The number of para-hydroxylation sites is 1. The quantitative estimate of drug-likeness (QED) is 0.871. The van der Waals surface area contributed by atoms with E-state index in [0.717, 1.165) is 16.5 Å². The third-order valence-corrected chi connectivity index (χ3v) is 3.11. The van der Waals surface area contributed by atoms with E-state index in [1.165, 1.54) is 0 Å². The maximum atomic E-state index is 10.9. The highest BCUT2D eigenvalue weighted by Gasteiger charge is 2.19. The van der Waals surface area contributed by atoms with Crippen molar-refractivity contribution < 1.29 is 9.53 Å². The smallest absolute Gasteiger partial charge is 0.404 e. The van der Waals surface area contributed by atoms with E-state index >= 15 is 0 Å². The van der Waals surface area contributed by atoms with Crippen molar-refractivity contribution in [3.8, 4) is 0 Å². The predicted molar refractivity (Wildman–Crippen MR) is 71.3 cm³/mol. The van der Waals surface area contributed by atoms with Crippen molar-refractivity contribution in [1.82, 2.24) is 4.98 Å². The first-order chi connectivity index (χ1) is 8.58. The number of aromatic nitrogens is 1. The summed E-state index contributed by atoms with van der Waals surface area (Å²) in [5, 5.41) is 1.16. The Morgan fingerprint density at radius 3 is 2.78 bits per heavy atom. The zero-order valence-electron chi connectivity index (χ0n) is 10.6. The maximum Gasteiger partial charge on any atom is 0.404 e. The lowest BCUT2D eigenvalue weighted by molar-refractivity contribution is 0.0790. The van der Waals surface area contributed by atoms with Crippen LogP contribution in [-0.4, -0.2) is 17.2 Å². The minimum atomic E-state index is -0.714. The van der Waals surface area contributed by atoms with E-state index in [0.29, 0.717) is 6.42 Å². The number of rotatable bonds is 4. The zero-order chi connectivity index (χ0) is 13.1. The minimum absolute atomic E-state index is 0.193. The van der Waals surface area contributed by atoms with Crippen LogP contribution in [0.4, 0.5) is 4.79 Å². The van der Waals surface area contributed by atoms with E-state index in [1.54, 1.807) is 0 Å². The van der Waals surface area contributed by atoms with Crippen molar-refractivity contribution in [2.24, 2.45) is 11.7 Å². The van der Waals surface area contributed by atoms with E-state index in [4.69, 9.17) is 10.5 Å². The summed E-state index contributed by atoms with van der Waals surface area (Å²) in [7, 11) is 0. The lowest BCUT2D eigenvalue weighted by Gasteiger charge is -2.19. The number of H-pyrrole nitrogens is 1. The average molecular weight is 246 g/mol. The molecule has 18 heavy (non-hydrogen) atoms. The Kier molecular flexibility index (Phi) is 3.55. The number of nitrogens with one attached hydrogen (secondary N) is 1. The number of carbonyl (C=O) groups is 1. The Morgan fingerprint density at radius 2 is 2.11 bits per heavy atom. The number of nitrogens with two attached hydrogens (primary N) is 1. The molecule has 2 rings (SSSR count). The van der Waals surface area contributed by atoms with Crippen LogP contribution in [0, 0.1) is 5.92 Å². The van der Waals surface area contributed by atoms with Crippen LogP contribution in [0.25, 0.3) is 10.9 Å². The van der Waals surface area contributed by atoms with Gasteiger partial charge >= 0.3 is 6.09 Å². The molecule has 4 heteroatoms. The number of carbonyl (C=O) groups excluding carboxylic acids is 1. The van der Waals surface area contributed by atoms with Crippen LogP contribution in [0.1, 0.15) is 19.4 Å². The lowest BCUT2D eigenvalue weighted by Crippen LogP contribution is -2.28. The third-order valence-electron chi connectivity index (χ3n) is 3.11. The number of primary amides is 1. The molecule has 0 radical (unpaired) electrons. The molecule has 3 N–H and O–H groups in total. The normalized spacial score (nSPS) is 12.8. The zero-order valence-corrected chi connectivity index (χ0v) is 10.6. The lowest BCUT2D eigenvalue weighted by atomic mass is 9.99. The molecule has 0 saturated carbocycles. The first-order valence-corrected chi connectivity index (χ1v) is 6.09. The largest absolute Gasteiger partial charge is 0.446 e. The number of fused-ring (bicyclic) bond motifs is 1. The molecule has 0 aliphatic carbocycles. The van der Waals surface area contributed by atoms with Crippen molar-refractivity contribution >= 4 is 17.0 Å². The second-order valence-electron chi connectivity index (χ2n) is 4.78. The van der Waals surface area contributed by atoms with Gasteiger partial charge in [0.25, 0.3) is 0 Å². The van der Waals surface area contributed by atoms with Gasteiger partial charge in [0.05, 0.1) is 0 Å². The van der Waals surface area contributed by atoms with Gasteiger partial charge in [0.1, 0.15) is 6.10 Å². The molecule has 1 heterocycles. The van der Waals surface area contributed by atoms with Crippen LogP contribution < -0.4 is 5.73 Å². The highest BCUT2D eigenvalue weighted by molar-refractivity contribution is 5.83. The maximum absolute atomic E-state index is 10.9. The molecular formula is C14H18N2O2.